The molecule has 0 aromatic heterocycles. The summed E-state index contributed by atoms with van der Waals surface area (Å²) in [7, 11) is 0. The van der Waals surface area contributed by atoms with Crippen LogP contribution < -0.4 is 0 Å². The predicted octanol–water partition coefficient (Wildman–Crippen LogP) is 1.19. The molecule has 0 aromatic carbocycles. The van der Waals surface area contributed by atoms with Crippen molar-refractivity contribution < 1.29 is 5.11 Å². The van der Waals surface area contributed by atoms with E-state index in [0.717, 1.165) is 17.8 Å². The lowest BCUT2D eigenvalue weighted by Gasteiger charge is -2.00. The molecular formula is C9H12O. The molecule has 3 rings (SSSR count). The molecule has 0 bridgehead atoms. The topological polar surface area (TPSA) is 20.2 Å². The Kier molecular flexibility index (Phi) is 0.791. The maximum atomic E-state index is 9.45. The van der Waals surface area contributed by atoms with Crippen molar-refractivity contribution in [1.29, 1.82) is 0 Å². The second-order valence-electron chi connectivity index (χ2n) is 4.00. The van der Waals surface area contributed by atoms with E-state index >= 15 is 0 Å². The van der Waals surface area contributed by atoms with Gasteiger partial charge in [-0.15, -0.1) is 0 Å². The zero-order valence-corrected chi connectivity index (χ0v) is 5.90. The number of hydrogen-bond donors (Lipinski definition) is 1. The second-order valence-corrected chi connectivity index (χ2v) is 4.00. The highest BCUT2D eigenvalue weighted by molar-refractivity contribution is 5.17. The lowest BCUT2D eigenvalue weighted by Crippen LogP contribution is -2.05. The number of aliphatic hydroxyl groups is 1. The summed E-state index contributed by atoms with van der Waals surface area (Å²) in [6.07, 6.45) is 6.85. The fourth-order valence-corrected chi connectivity index (χ4v) is 2.47. The fraction of sp³-hybridized carbons (Fsp3) is 0.778. The van der Waals surface area contributed by atoms with Crippen LogP contribution in [0, 0.1) is 23.7 Å². The Hall–Kier alpha value is -0.300. The average Bonchev–Trinajstić information content (AvgIpc) is 2.71. The van der Waals surface area contributed by atoms with E-state index in [1.54, 1.807) is 0 Å². The standard InChI is InChI=1S/C9H12O/c10-9-2-1-5-3-6(5)7-4-8(7)9/h1-2,5-10H,3-4H2/t5-,6+,7+,8-,9+/m1/s1. The minimum atomic E-state index is -0.0993. The van der Waals surface area contributed by atoms with E-state index in [-0.39, 0.29) is 6.10 Å². The van der Waals surface area contributed by atoms with Gasteiger partial charge in [-0.05, 0) is 36.5 Å². The normalized spacial score (nSPS) is 62.3. The van der Waals surface area contributed by atoms with Crippen LogP contribution in [0.3, 0.4) is 0 Å². The number of hydrogen-bond acceptors (Lipinski definition) is 1. The van der Waals surface area contributed by atoms with Gasteiger partial charge in [0.15, 0.2) is 0 Å². The maximum Gasteiger partial charge on any atom is 0.0752 e. The van der Waals surface area contributed by atoms with Gasteiger partial charge in [-0.1, -0.05) is 12.2 Å². The monoisotopic (exact) mass is 136 g/mol. The first-order valence-electron chi connectivity index (χ1n) is 4.22. The molecule has 0 amide bonds. The Bertz CT molecular complexity index is 197. The van der Waals surface area contributed by atoms with Crippen molar-refractivity contribution in [1.82, 2.24) is 0 Å². The molecule has 10 heavy (non-hydrogen) atoms. The van der Waals surface area contributed by atoms with Gasteiger partial charge >= 0.3 is 0 Å². The highest BCUT2D eigenvalue weighted by Crippen LogP contribution is 2.61. The van der Waals surface area contributed by atoms with Gasteiger partial charge in [-0.25, -0.2) is 0 Å². The first kappa shape index (κ1) is 5.36. The van der Waals surface area contributed by atoms with Crippen molar-refractivity contribution in [2.75, 3.05) is 0 Å². The molecule has 3 aliphatic carbocycles. The van der Waals surface area contributed by atoms with Crippen LogP contribution in [0.4, 0.5) is 0 Å². The molecule has 1 N–H and O–H groups in total. The zero-order valence-electron chi connectivity index (χ0n) is 5.90. The molecule has 0 aliphatic heterocycles. The lowest BCUT2D eigenvalue weighted by atomic mass is 10.1. The third kappa shape index (κ3) is 0.567. The van der Waals surface area contributed by atoms with Crippen molar-refractivity contribution in [2.24, 2.45) is 23.7 Å². The van der Waals surface area contributed by atoms with Crippen molar-refractivity contribution >= 4 is 0 Å². The Morgan fingerprint density at radius 3 is 2.80 bits per heavy atom. The SMILES string of the molecule is O[C@H]1C=C[C@@H]2C[C@@H]2[C@@H]2C[C@H]21. The Morgan fingerprint density at radius 2 is 1.90 bits per heavy atom. The molecule has 3 aliphatic rings. The number of aliphatic hydroxyl groups excluding tert-OH is 1. The largest absolute Gasteiger partial charge is 0.389 e. The van der Waals surface area contributed by atoms with Crippen molar-refractivity contribution in [2.45, 2.75) is 18.9 Å². The van der Waals surface area contributed by atoms with Crippen molar-refractivity contribution in [3.63, 3.8) is 0 Å². The Balaban J connectivity index is 1.91. The van der Waals surface area contributed by atoms with E-state index < -0.39 is 0 Å². The van der Waals surface area contributed by atoms with E-state index in [2.05, 4.69) is 6.08 Å². The van der Waals surface area contributed by atoms with Crippen molar-refractivity contribution in [3.8, 4) is 0 Å². The van der Waals surface area contributed by atoms with Gasteiger partial charge in [0.2, 0.25) is 0 Å². The predicted molar refractivity (Wildman–Crippen MR) is 38.3 cm³/mol. The quantitative estimate of drug-likeness (QED) is 0.496. The molecule has 0 saturated heterocycles. The summed E-state index contributed by atoms with van der Waals surface area (Å²) in [4.78, 5) is 0. The molecule has 1 heteroatoms. The van der Waals surface area contributed by atoms with Crippen LogP contribution in [0.1, 0.15) is 12.8 Å². The average molecular weight is 136 g/mol. The van der Waals surface area contributed by atoms with Gasteiger partial charge in [-0.2, -0.15) is 0 Å². The molecule has 2 fully saturated rings. The highest BCUT2D eigenvalue weighted by Gasteiger charge is 2.55. The maximum absolute atomic E-state index is 9.45. The summed E-state index contributed by atoms with van der Waals surface area (Å²) < 4.78 is 0. The number of rotatable bonds is 0. The van der Waals surface area contributed by atoms with Crippen LogP contribution in [0.2, 0.25) is 0 Å². The van der Waals surface area contributed by atoms with Crippen LogP contribution in [0.25, 0.3) is 0 Å². The summed E-state index contributed by atoms with van der Waals surface area (Å²) >= 11 is 0. The van der Waals surface area contributed by atoms with E-state index in [1.807, 2.05) is 6.08 Å². The molecule has 54 valence electrons. The number of allylic oxidation sites excluding steroid dienone is 1. The molecule has 2 saturated carbocycles. The van der Waals surface area contributed by atoms with Crippen molar-refractivity contribution in [3.05, 3.63) is 12.2 Å². The van der Waals surface area contributed by atoms with Crippen LogP contribution in [0.5, 0.6) is 0 Å². The minimum absolute atomic E-state index is 0.0993. The third-order valence-corrected chi connectivity index (χ3v) is 3.33. The second kappa shape index (κ2) is 1.48. The zero-order chi connectivity index (χ0) is 6.72. The van der Waals surface area contributed by atoms with Crippen LogP contribution in [-0.4, -0.2) is 11.2 Å². The van der Waals surface area contributed by atoms with E-state index in [4.69, 9.17) is 0 Å². The van der Waals surface area contributed by atoms with Gasteiger partial charge < -0.3 is 5.11 Å². The Labute approximate surface area is 60.7 Å². The van der Waals surface area contributed by atoms with Gasteiger partial charge in [0, 0.05) is 0 Å². The minimum Gasteiger partial charge on any atom is -0.389 e. The first-order chi connectivity index (χ1) is 4.86. The third-order valence-electron chi connectivity index (χ3n) is 3.33. The highest BCUT2D eigenvalue weighted by atomic mass is 16.3. The first-order valence-corrected chi connectivity index (χ1v) is 4.22. The van der Waals surface area contributed by atoms with Crippen LogP contribution in [-0.2, 0) is 0 Å². The number of fused-ring (bicyclic) bond motifs is 3. The van der Waals surface area contributed by atoms with Gasteiger partial charge in [-0.3, -0.25) is 0 Å². The summed E-state index contributed by atoms with van der Waals surface area (Å²) in [6, 6.07) is 0. The summed E-state index contributed by atoms with van der Waals surface area (Å²) in [5, 5.41) is 9.45. The molecule has 5 atom stereocenters. The fourth-order valence-electron chi connectivity index (χ4n) is 2.47. The molecule has 0 unspecified atom stereocenters. The molecule has 0 spiro atoms. The smallest absolute Gasteiger partial charge is 0.0752 e. The summed E-state index contributed by atoms with van der Waals surface area (Å²) in [5.41, 5.74) is 0. The van der Waals surface area contributed by atoms with Gasteiger partial charge in [0.05, 0.1) is 6.10 Å². The molecule has 0 aromatic rings. The van der Waals surface area contributed by atoms with E-state index in [0.29, 0.717) is 5.92 Å². The van der Waals surface area contributed by atoms with Gasteiger partial charge in [0.25, 0.3) is 0 Å². The summed E-state index contributed by atoms with van der Waals surface area (Å²) in [5.74, 6) is 3.37. The van der Waals surface area contributed by atoms with E-state index in [9.17, 15) is 5.11 Å². The summed E-state index contributed by atoms with van der Waals surface area (Å²) in [6.45, 7) is 0. The Morgan fingerprint density at radius 1 is 1.00 bits per heavy atom. The lowest BCUT2D eigenvalue weighted by molar-refractivity contribution is 0.192. The van der Waals surface area contributed by atoms with Gasteiger partial charge in [0.1, 0.15) is 0 Å². The molecule has 0 heterocycles. The molecule has 0 radical (unpaired) electrons. The van der Waals surface area contributed by atoms with Crippen LogP contribution >= 0.6 is 0 Å². The van der Waals surface area contributed by atoms with E-state index in [1.165, 1.54) is 12.8 Å². The molecular weight excluding hydrogens is 124 g/mol. The van der Waals surface area contributed by atoms with Crippen LogP contribution in [0.15, 0.2) is 12.2 Å². The molecule has 1 nitrogen and oxygen atoms in total.